The van der Waals surface area contributed by atoms with Crippen LogP contribution in [0, 0.1) is 25.5 Å². The van der Waals surface area contributed by atoms with Gasteiger partial charge in [-0.3, -0.25) is 0 Å². The molecular formula is C18H16F2N4. The number of nitrogens with one attached hydrogen (secondary N) is 2. The molecule has 0 spiro atoms. The van der Waals surface area contributed by atoms with E-state index >= 15 is 0 Å². The highest BCUT2D eigenvalue weighted by atomic mass is 19.2. The zero-order valence-corrected chi connectivity index (χ0v) is 13.3. The van der Waals surface area contributed by atoms with E-state index in [0.29, 0.717) is 17.3 Å². The molecular weight excluding hydrogens is 310 g/mol. The molecule has 2 N–H and O–H groups in total. The van der Waals surface area contributed by atoms with Crippen LogP contribution in [0.5, 0.6) is 0 Å². The Morgan fingerprint density at radius 3 is 1.96 bits per heavy atom. The van der Waals surface area contributed by atoms with Gasteiger partial charge in [0.05, 0.1) is 0 Å². The molecule has 0 aliphatic heterocycles. The molecule has 0 saturated carbocycles. The number of anilines is 4. The van der Waals surface area contributed by atoms with Crippen LogP contribution in [0.4, 0.5) is 31.8 Å². The zero-order valence-electron chi connectivity index (χ0n) is 13.3. The minimum Gasteiger partial charge on any atom is -0.340 e. The van der Waals surface area contributed by atoms with Crippen molar-refractivity contribution >= 4 is 23.0 Å². The second-order valence-corrected chi connectivity index (χ2v) is 5.47. The normalized spacial score (nSPS) is 10.5. The summed E-state index contributed by atoms with van der Waals surface area (Å²) in [7, 11) is 0. The first-order chi connectivity index (χ1) is 11.5. The van der Waals surface area contributed by atoms with Crippen LogP contribution >= 0.6 is 0 Å². The summed E-state index contributed by atoms with van der Waals surface area (Å²) in [5, 5.41) is 6.11. The lowest BCUT2D eigenvalue weighted by molar-refractivity contribution is 0.509. The van der Waals surface area contributed by atoms with Crippen LogP contribution < -0.4 is 10.6 Å². The molecule has 1 heterocycles. The molecule has 0 bridgehead atoms. The number of rotatable bonds is 4. The van der Waals surface area contributed by atoms with Gasteiger partial charge in [-0.25, -0.2) is 18.7 Å². The summed E-state index contributed by atoms with van der Waals surface area (Å²) in [5.41, 5.74) is 3.71. The molecule has 0 fully saturated rings. The number of hydrogen-bond acceptors (Lipinski definition) is 4. The lowest BCUT2D eigenvalue weighted by Gasteiger charge is -2.10. The largest absolute Gasteiger partial charge is 0.340 e. The van der Waals surface area contributed by atoms with E-state index in [1.807, 2.05) is 32.0 Å². The minimum atomic E-state index is -0.914. The van der Waals surface area contributed by atoms with Gasteiger partial charge in [-0.1, -0.05) is 6.07 Å². The molecule has 0 aliphatic rings. The Balaban J connectivity index is 1.78. The quantitative estimate of drug-likeness (QED) is 0.719. The molecule has 0 aliphatic carbocycles. The van der Waals surface area contributed by atoms with Crippen molar-refractivity contribution in [2.75, 3.05) is 10.6 Å². The van der Waals surface area contributed by atoms with Gasteiger partial charge in [-0.15, -0.1) is 0 Å². The molecule has 0 radical (unpaired) electrons. The van der Waals surface area contributed by atoms with Gasteiger partial charge in [0.15, 0.2) is 11.6 Å². The molecule has 4 nitrogen and oxygen atoms in total. The van der Waals surface area contributed by atoms with Crippen LogP contribution in [-0.4, -0.2) is 9.97 Å². The first-order valence-electron chi connectivity index (χ1n) is 7.39. The van der Waals surface area contributed by atoms with Crippen molar-refractivity contribution in [3.05, 3.63) is 71.6 Å². The molecule has 6 heteroatoms. The van der Waals surface area contributed by atoms with Crippen LogP contribution in [0.1, 0.15) is 11.1 Å². The van der Waals surface area contributed by atoms with Gasteiger partial charge in [0, 0.05) is 23.5 Å². The van der Waals surface area contributed by atoms with Crippen molar-refractivity contribution in [2.24, 2.45) is 0 Å². The summed E-state index contributed by atoms with van der Waals surface area (Å²) in [6.07, 6.45) is 1.39. The van der Waals surface area contributed by atoms with Crippen molar-refractivity contribution in [3.8, 4) is 0 Å². The summed E-state index contributed by atoms with van der Waals surface area (Å²) in [6, 6.07) is 11.3. The van der Waals surface area contributed by atoms with Gasteiger partial charge >= 0.3 is 0 Å². The third-order valence-corrected chi connectivity index (χ3v) is 3.64. The molecule has 3 rings (SSSR count). The fourth-order valence-corrected chi connectivity index (χ4v) is 2.18. The van der Waals surface area contributed by atoms with Gasteiger partial charge in [0.2, 0.25) is 0 Å². The number of aryl methyl sites for hydroxylation is 2. The number of nitrogens with zero attached hydrogens (tertiary/aromatic N) is 2. The van der Waals surface area contributed by atoms with Crippen LogP contribution in [0.3, 0.4) is 0 Å². The lowest BCUT2D eigenvalue weighted by atomic mass is 10.1. The SMILES string of the molecule is Cc1ccc(Nc2cc(Nc3ccc(F)c(F)c3)ncn2)cc1C. The van der Waals surface area contributed by atoms with Crippen molar-refractivity contribution in [1.82, 2.24) is 9.97 Å². The van der Waals surface area contributed by atoms with E-state index in [1.165, 1.54) is 23.5 Å². The number of benzene rings is 2. The standard InChI is InChI=1S/C18H16F2N4/c1-11-3-4-13(7-12(11)2)23-17-9-18(22-10-21-17)24-14-5-6-15(19)16(20)8-14/h3-10H,1-2H3,(H2,21,22,23,24). The van der Waals surface area contributed by atoms with Crippen LogP contribution in [0.15, 0.2) is 48.8 Å². The predicted molar refractivity (Wildman–Crippen MR) is 90.9 cm³/mol. The predicted octanol–water partition coefficient (Wildman–Crippen LogP) is 4.86. The summed E-state index contributed by atoms with van der Waals surface area (Å²) in [5.74, 6) is -0.733. The Morgan fingerprint density at radius 2 is 1.33 bits per heavy atom. The lowest BCUT2D eigenvalue weighted by Crippen LogP contribution is -1.99. The van der Waals surface area contributed by atoms with Gasteiger partial charge < -0.3 is 10.6 Å². The average molecular weight is 326 g/mol. The second-order valence-electron chi connectivity index (χ2n) is 5.47. The molecule has 24 heavy (non-hydrogen) atoms. The zero-order chi connectivity index (χ0) is 17.1. The van der Waals surface area contributed by atoms with Gasteiger partial charge in [-0.05, 0) is 49.2 Å². The van der Waals surface area contributed by atoms with Crippen molar-refractivity contribution < 1.29 is 8.78 Å². The summed E-state index contributed by atoms with van der Waals surface area (Å²) in [6.45, 7) is 4.09. The van der Waals surface area contributed by atoms with Gasteiger partial charge in [0.1, 0.15) is 18.0 Å². The van der Waals surface area contributed by atoms with E-state index in [-0.39, 0.29) is 0 Å². The topological polar surface area (TPSA) is 49.8 Å². The summed E-state index contributed by atoms with van der Waals surface area (Å²) in [4.78, 5) is 8.25. The molecule has 0 unspecified atom stereocenters. The molecule has 2 aromatic carbocycles. The Hall–Kier alpha value is -3.02. The fraction of sp³-hybridized carbons (Fsp3) is 0.111. The summed E-state index contributed by atoms with van der Waals surface area (Å²) >= 11 is 0. The average Bonchev–Trinajstić information content (AvgIpc) is 2.55. The van der Waals surface area contributed by atoms with Crippen LogP contribution in [0.2, 0.25) is 0 Å². The highest BCUT2D eigenvalue weighted by molar-refractivity contribution is 5.63. The summed E-state index contributed by atoms with van der Waals surface area (Å²) < 4.78 is 26.2. The Labute approximate surface area is 138 Å². The molecule has 0 atom stereocenters. The van der Waals surface area contributed by atoms with Crippen LogP contribution in [-0.2, 0) is 0 Å². The Morgan fingerprint density at radius 1 is 0.708 bits per heavy atom. The highest BCUT2D eigenvalue weighted by Gasteiger charge is 2.05. The third-order valence-electron chi connectivity index (χ3n) is 3.64. The Bertz CT molecular complexity index is 812. The van der Waals surface area contributed by atoms with E-state index in [1.54, 1.807) is 6.07 Å². The smallest absolute Gasteiger partial charge is 0.160 e. The van der Waals surface area contributed by atoms with Gasteiger partial charge in [0.25, 0.3) is 0 Å². The second kappa shape index (κ2) is 6.62. The number of halogens is 2. The maximum absolute atomic E-state index is 13.3. The highest BCUT2D eigenvalue weighted by Crippen LogP contribution is 2.22. The van der Waals surface area contributed by atoms with E-state index in [0.717, 1.165) is 17.8 Å². The van der Waals surface area contributed by atoms with E-state index in [2.05, 4.69) is 20.6 Å². The maximum atomic E-state index is 13.3. The Kier molecular flexibility index (Phi) is 4.37. The molecule has 122 valence electrons. The third kappa shape index (κ3) is 3.65. The molecule has 0 saturated heterocycles. The number of hydrogen-bond donors (Lipinski definition) is 2. The van der Waals surface area contributed by atoms with E-state index < -0.39 is 11.6 Å². The van der Waals surface area contributed by atoms with E-state index in [4.69, 9.17) is 0 Å². The first-order valence-corrected chi connectivity index (χ1v) is 7.39. The number of aromatic nitrogens is 2. The minimum absolute atomic E-state index is 0.407. The molecule has 1 aromatic heterocycles. The maximum Gasteiger partial charge on any atom is 0.160 e. The van der Waals surface area contributed by atoms with Crippen molar-refractivity contribution in [1.29, 1.82) is 0 Å². The monoisotopic (exact) mass is 326 g/mol. The van der Waals surface area contributed by atoms with Crippen molar-refractivity contribution in [2.45, 2.75) is 13.8 Å². The van der Waals surface area contributed by atoms with Crippen molar-refractivity contribution in [3.63, 3.8) is 0 Å². The fourth-order valence-electron chi connectivity index (χ4n) is 2.18. The molecule has 3 aromatic rings. The van der Waals surface area contributed by atoms with E-state index in [9.17, 15) is 8.78 Å². The first kappa shape index (κ1) is 15.9. The van der Waals surface area contributed by atoms with Crippen LogP contribution in [0.25, 0.3) is 0 Å². The van der Waals surface area contributed by atoms with Gasteiger partial charge in [-0.2, -0.15) is 0 Å². The molecule has 0 amide bonds.